The van der Waals surface area contributed by atoms with Crippen LogP contribution in [0.25, 0.3) is 22.3 Å². The van der Waals surface area contributed by atoms with Gasteiger partial charge in [0.15, 0.2) is 28.4 Å². The van der Waals surface area contributed by atoms with E-state index >= 15 is 0 Å². The topological polar surface area (TPSA) is 268 Å². The number of methoxy groups -OCH3 is 1. The van der Waals surface area contributed by atoms with Gasteiger partial charge in [-0.3, -0.25) is 15.0 Å². The highest BCUT2D eigenvalue weighted by molar-refractivity contribution is 5.86. The normalized spacial score (nSPS) is 10.9. The summed E-state index contributed by atoms with van der Waals surface area (Å²) in [5.41, 5.74) is 11.6. The van der Waals surface area contributed by atoms with E-state index in [1.54, 1.807) is 24.3 Å². The Morgan fingerprint density at radius 2 is 1.56 bits per heavy atom. The Labute approximate surface area is 285 Å². The Kier molecular flexibility index (Phi) is 13.4. The molecular formula is C35H37N3O12. The molecule has 4 aromatic carbocycles. The molecule has 0 aliphatic carbocycles. The van der Waals surface area contributed by atoms with Crippen LogP contribution in [0.15, 0.2) is 94.7 Å². The van der Waals surface area contributed by atoms with E-state index in [4.69, 9.17) is 25.1 Å². The average Bonchev–Trinajstić information content (AvgIpc) is 3.09. The number of carbonyl (C=O) groups is 1. The lowest BCUT2D eigenvalue weighted by Gasteiger charge is -2.12. The Morgan fingerprint density at radius 3 is 2.20 bits per heavy atom. The average molecular weight is 692 g/mol. The summed E-state index contributed by atoms with van der Waals surface area (Å²) in [5, 5.41) is 74.1. The first kappa shape index (κ1) is 38.0. The molecule has 1 aromatic heterocycles. The van der Waals surface area contributed by atoms with Crippen LogP contribution in [0.3, 0.4) is 0 Å². The van der Waals surface area contributed by atoms with E-state index in [0.29, 0.717) is 11.3 Å². The first-order chi connectivity index (χ1) is 23.8. The zero-order valence-corrected chi connectivity index (χ0v) is 26.7. The molecule has 0 bridgehead atoms. The van der Waals surface area contributed by atoms with Crippen LogP contribution in [-0.2, 0) is 17.8 Å². The zero-order chi connectivity index (χ0) is 37.0. The van der Waals surface area contributed by atoms with E-state index in [1.165, 1.54) is 43.5 Å². The molecule has 5 rings (SSSR count). The number of fused-ring (bicyclic) bond motifs is 1. The Morgan fingerprint density at radius 1 is 0.880 bits per heavy atom. The molecule has 0 fully saturated rings. The number of nitrogens with one attached hydrogen (secondary N) is 2. The summed E-state index contributed by atoms with van der Waals surface area (Å²) in [4.78, 5) is 23.2. The van der Waals surface area contributed by atoms with Crippen LogP contribution in [0.1, 0.15) is 11.1 Å². The molecule has 1 heterocycles. The number of aliphatic hydroxyl groups is 1. The lowest BCUT2D eigenvalue weighted by Crippen LogP contribution is -2.48. The summed E-state index contributed by atoms with van der Waals surface area (Å²) in [6.07, 6.45) is 2.60. The highest BCUT2D eigenvalue weighted by atomic mass is 16.5. The molecule has 264 valence electrons. The van der Waals surface area contributed by atoms with Crippen molar-refractivity contribution in [2.24, 2.45) is 5.73 Å². The molecule has 0 spiro atoms. The molecule has 0 aliphatic rings. The smallest absolute Gasteiger partial charge is 0.253 e. The fourth-order valence-corrected chi connectivity index (χ4v) is 4.19. The molecule has 0 aliphatic heterocycles. The standard InChI is InChI=1S/C15H10O5.C10H15N3O5.C10H12O2/c16-9-3-1-8(2-4-9)13-7-12(19)15-11(18)5-10(17)6-14(15)20-13;11-6(4-14)10(18)13-12-3-5-1-2-7(15)9(17)8(5)16;1-3-4-8-5-6-9(11)10(7-8)12-2/h1-7,16-18H;1-2,6,12,14-17H,3-4,11H2,(H,13,18);3,5-7,11H,1,4H2,2H3. The molecule has 12 N–H and O–H groups in total. The van der Waals surface area contributed by atoms with Crippen LogP contribution < -0.4 is 26.8 Å². The Hall–Kier alpha value is -6.42. The molecule has 15 nitrogen and oxygen atoms in total. The van der Waals surface area contributed by atoms with E-state index < -0.39 is 41.2 Å². The van der Waals surface area contributed by atoms with Crippen LogP contribution in [-0.4, -0.2) is 66.5 Å². The summed E-state index contributed by atoms with van der Waals surface area (Å²) in [5.74, 6) is -1.62. The van der Waals surface area contributed by atoms with Gasteiger partial charge in [-0.05, 0) is 54.4 Å². The van der Waals surface area contributed by atoms with Crippen LogP contribution in [0.4, 0.5) is 0 Å². The minimum absolute atomic E-state index is 0.00353. The number of hydrazine groups is 1. The van der Waals surface area contributed by atoms with E-state index in [2.05, 4.69) is 17.4 Å². The maximum atomic E-state index is 12.0. The second-order valence-corrected chi connectivity index (χ2v) is 10.4. The SMILES string of the molecule is C=CCc1ccc(O)c(OC)c1.NC(CO)C(=O)NNCc1ccc(O)c(O)c1O.O=c1cc(-c2ccc(O)cc2)oc2cc(O)cc(O)c12. The number of aliphatic hydroxyl groups excluding tert-OH is 1. The number of aromatic hydroxyl groups is 7. The van der Waals surface area contributed by atoms with Crippen molar-refractivity contribution < 1.29 is 54.8 Å². The van der Waals surface area contributed by atoms with Gasteiger partial charge >= 0.3 is 0 Å². The van der Waals surface area contributed by atoms with Crippen molar-refractivity contribution in [3.63, 3.8) is 0 Å². The maximum Gasteiger partial charge on any atom is 0.253 e. The highest BCUT2D eigenvalue weighted by Gasteiger charge is 2.14. The second-order valence-electron chi connectivity index (χ2n) is 10.4. The number of rotatable bonds is 9. The number of carbonyl (C=O) groups excluding carboxylic acids is 1. The summed E-state index contributed by atoms with van der Waals surface area (Å²) >= 11 is 0. The lowest BCUT2D eigenvalue weighted by molar-refractivity contribution is -0.124. The molecular weight excluding hydrogens is 654 g/mol. The van der Waals surface area contributed by atoms with Crippen molar-refractivity contribution in [1.82, 2.24) is 10.9 Å². The van der Waals surface area contributed by atoms with Gasteiger partial charge in [-0.15, -0.1) is 6.58 Å². The molecule has 0 saturated carbocycles. The third-order valence-electron chi connectivity index (χ3n) is 6.81. The third-order valence-corrected chi connectivity index (χ3v) is 6.81. The summed E-state index contributed by atoms with van der Waals surface area (Å²) < 4.78 is 10.5. The number of nitrogens with two attached hydrogens (primary N) is 1. The minimum Gasteiger partial charge on any atom is -0.508 e. The maximum absolute atomic E-state index is 12.0. The summed E-state index contributed by atoms with van der Waals surface area (Å²) in [6.45, 7) is 3.15. The third kappa shape index (κ3) is 10.0. The van der Waals surface area contributed by atoms with E-state index in [-0.39, 0.29) is 51.8 Å². The van der Waals surface area contributed by atoms with Crippen molar-refractivity contribution >= 4 is 16.9 Å². The zero-order valence-electron chi connectivity index (χ0n) is 26.7. The number of allylic oxidation sites excluding steroid dienone is 1. The molecule has 1 atom stereocenters. The van der Waals surface area contributed by atoms with Gasteiger partial charge in [0.05, 0.1) is 13.7 Å². The fourth-order valence-electron chi connectivity index (χ4n) is 4.19. The van der Waals surface area contributed by atoms with Crippen molar-refractivity contribution in [3.8, 4) is 57.3 Å². The van der Waals surface area contributed by atoms with Gasteiger partial charge < -0.3 is 55.7 Å². The van der Waals surface area contributed by atoms with Crippen LogP contribution in [0.5, 0.6) is 46.0 Å². The van der Waals surface area contributed by atoms with Gasteiger partial charge in [0.25, 0.3) is 5.91 Å². The predicted octanol–water partition coefficient (Wildman–Crippen LogP) is 2.95. The number of amides is 1. The van der Waals surface area contributed by atoms with Gasteiger partial charge in [0, 0.05) is 35.9 Å². The number of phenols is 7. The van der Waals surface area contributed by atoms with E-state index in [1.807, 2.05) is 12.1 Å². The molecule has 0 radical (unpaired) electrons. The van der Waals surface area contributed by atoms with Gasteiger partial charge in [-0.25, -0.2) is 5.43 Å². The number of hydrogen-bond donors (Lipinski definition) is 11. The van der Waals surface area contributed by atoms with Crippen molar-refractivity contribution in [1.29, 1.82) is 0 Å². The Bertz CT molecular complexity index is 2000. The fraction of sp³-hybridized carbons (Fsp3) is 0.143. The van der Waals surface area contributed by atoms with Crippen molar-refractivity contribution in [2.45, 2.75) is 19.0 Å². The lowest BCUT2D eigenvalue weighted by atomic mass is 10.1. The van der Waals surface area contributed by atoms with Crippen molar-refractivity contribution in [3.05, 3.63) is 107 Å². The van der Waals surface area contributed by atoms with Crippen LogP contribution >= 0.6 is 0 Å². The van der Waals surface area contributed by atoms with E-state index in [0.717, 1.165) is 18.1 Å². The second kappa shape index (κ2) is 17.7. The molecule has 50 heavy (non-hydrogen) atoms. The first-order valence-electron chi connectivity index (χ1n) is 14.7. The molecule has 0 saturated heterocycles. The van der Waals surface area contributed by atoms with Gasteiger partial charge in [0.2, 0.25) is 5.75 Å². The van der Waals surface area contributed by atoms with Crippen LogP contribution in [0, 0.1) is 0 Å². The molecule has 1 amide bonds. The van der Waals surface area contributed by atoms with Gasteiger partial charge in [0.1, 0.15) is 40.0 Å². The number of phenolic OH excluding ortho intramolecular Hbond substituents is 7. The minimum atomic E-state index is -1.04. The highest BCUT2D eigenvalue weighted by Crippen LogP contribution is 2.37. The van der Waals surface area contributed by atoms with Gasteiger partial charge in [-0.1, -0.05) is 18.2 Å². The molecule has 5 aromatic rings. The van der Waals surface area contributed by atoms with Crippen molar-refractivity contribution in [2.75, 3.05) is 13.7 Å². The van der Waals surface area contributed by atoms with Crippen LogP contribution in [0.2, 0.25) is 0 Å². The first-order valence-corrected chi connectivity index (χ1v) is 14.7. The monoisotopic (exact) mass is 691 g/mol. The van der Waals surface area contributed by atoms with Gasteiger partial charge in [-0.2, -0.15) is 0 Å². The Balaban J connectivity index is 0.000000210. The van der Waals surface area contributed by atoms with E-state index in [9.17, 15) is 40.2 Å². The molecule has 1 unspecified atom stereocenters. The number of benzene rings is 4. The number of ether oxygens (including phenoxy) is 1. The molecule has 15 heteroatoms. The largest absolute Gasteiger partial charge is 0.508 e. The predicted molar refractivity (Wildman–Crippen MR) is 183 cm³/mol. The quantitative estimate of drug-likeness (QED) is 0.0603. The summed E-state index contributed by atoms with van der Waals surface area (Å²) in [7, 11) is 1.53. The summed E-state index contributed by atoms with van der Waals surface area (Å²) in [6, 6.07) is 16.5. The number of hydrogen-bond acceptors (Lipinski definition) is 14.